The van der Waals surface area contributed by atoms with Crippen molar-refractivity contribution in [3.8, 4) is 0 Å². The van der Waals surface area contributed by atoms with E-state index in [2.05, 4.69) is 0 Å². The van der Waals surface area contributed by atoms with Gasteiger partial charge in [-0.05, 0) is 18.8 Å². The molecule has 1 fully saturated rings. The van der Waals surface area contributed by atoms with Gasteiger partial charge in [-0.2, -0.15) is 0 Å². The first-order valence-corrected chi connectivity index (χ1v) is 3.95. The minimum atomic E-state index is -0.584. The Labute approximate surface area is 61.9 Å². The van der Waals surface area contributed by atoms with Gasteiger partial charge in [0.1, 0.15) is 0 Å². The Kier molecular flexibility index (Phi) is 2.02. The second kappa shape index (κ2) is 2.51. The summed E-state index contributed by atoms with van der Waals surface area (Å²) >= 11 is 0. The van der Waals surface area contributed by atoms with Gasteiger partial charge in [0.15, 0.2) is 0 Å². The normalized spacial score (nSPS) is 41.1. The van der Waals surface area contributed by atoms with Crippen molar-refractivity contribution in [3.05, 3.63) is 0 Å². The van der Waals surface area contributed by atoms with E-state index in [4.69, 9.17) is 5.11 Å². The molecule has 2 heteroatoms. The zero-order valence-electron chi connectivity index (χ0n) is 6.67. The van der Waals surface area contributed by atoms with Crippen LogP contribution in [0.3, 0.4) is 0 Å². The quantitative estimate of drug-likeness (QED) is 0.574. The Morgan fingerprint density at radius 2 is 2.10 bits per heavy atom. The molecule has 1 aliphatic carbocycles. The van der Waals surface area contributed by atoms with Crippen LogP contribution < -0.4 is 0 Å². The van der Waals surface area contributed by atoms with E-state index in [1.54, 1.807) is 0 Å². The van der Waals surface area contributed by atoms with Gasteiger partial charge >= 0.3 is 0 Å². The molecule has 0 heterocycles. The lowest BCUT2D eigenvalue weighted by molar-refractivity contribution is -0.00920. The van der Waals surface area contributed by atoms with Gasteiger partial charge in [0.25, 0.3) is 0 Å². The van der Waals surface area contributed by atoms with Crippen molar-refractivity contribution in [1.29, 1.82) is 0 Å². The highest BCUT2D eigenvalue weighted by molar-refractivity contribution is 4.91. The summed E-state index contributed by atoms with van der Waals surface area (Å²) in [7, 11) is 0. The molecule has 2 nitrogen and oxygen atoms in total. The number of aliphatic hydroxyl groups excluding tert-OH is 1. The third-order valence-electron chi connectivity index (χ3n) is 2.57. The van der Waals surface area contributed by atoms with Crippen molar-refractivity contribution >= 4 is 0 Å². The Morgan fingerprint density at radius 1 is 1.50 bits per heavy atom. The molecule has 1 aliphatic rings. The molecule has 10 heavy (non-hydrogen) atoms. The highest BCUT2D eigenvalue weighted by Crippen LogP contribution is 2.35. The summed E-state index contributed by atoms with van der Waals surface area (Å²) in [6, 6.07) is 0. The summed E-state index contributed by atoms with van der Waals surface area (Å²) in [4.78, 5) is 0. The largest absolute Gasteiger partial charge is 0.393 e. The Hall–Kier alpha value is -0.0800. The first-order chi connectivity index (χ1) is 4.54. The molecule has 1 rings (SSSR count). The van der Waals surface area contributed by atoms with Crippen LogP contribution in [-0.4, -0.2) is 21.9 Å². The minimum Gasteiger partial charge on any atom is -0.393 e. The monoisotopic (exact) mass is 144 g/mol. The van der Waals surface area contributed by atoms with E-state index < -0.39 is 5.60 Å². The zero-order chi connectivity index (χ0) is 7.78. The second-order valence-corrected chi connectivity index (χ2v) is 3.65. The molecule has 1 saturated carbocycles. The van der Waals surface area contributed by atoms with Crippen LogP contribution >= 0.6 is 0 Å². The summed E-state index contributed by atoms with van der Waals surface area (Å²) in [5.41, 5.74) is -0.584. The second-order valence-electron chi connectivity index (χ2n) is 3.65. The summed E-state index contributed by atoms with van der Waals surface area (Å²) in [6.07, 6.45) is 1.80. The van der Waals surface area contributed by atoms with Crippen molar-refractivity contribution in [2.24, 2.45) is 5.92 Å². The van der Waals surface area contributed by atoms with Crippen LogP contribution in [0, 0.1) is 5.92 Å². The lowest BCUT2D eigenvalue weighted by Gasteiger charge is -2.26. The van der Waals surface area contributed by atoms with Crippen LogP contribution in [0.25, 0.3) is 0 Å². The Balaban J connectivity index is 2.54. The van der Waals surface area contributed by atoms with Crippen LogP contribution in [0.1, 0.15) is 33.1 Å². The number of hydrogen-bond donors (Lipinski definition) is 2. The van der Waals surface area contributed by atoms with Crippen LogP contribution in [0.4, 0.5) is 0 Å². The fourth-order valence-corrected chi connectivity index (χ4v) is 1.55. The van der Waals surface area contributed by atoms with Crippen LogP contribution in [0.2, 0.25) is 0 Å². The molecule has 2 N–H and O–H groups in total. The molecule has 0 spiro atoms. The summed E-state index contributed by atoms with van der Waals surface area (Å²) in [5.74, 6) is 0.268. The molecular formula is C8H16O2. The van der Waals surface area contributed by atoms with Gasteiger partial charge in [0.05, 0.1) is 11.7 Å². The maximum Gasteiger partial charge on any atom is 0.0696 e. The van der Waals surface area contributed by atoms with Crippen molar-refractivity contribution in [1.82, 2.24) is 0 Å². The average molecular weight is 144 g/mol. The van der Waals surface area contributed by atoms with E-state index in [9.17, 15) is 5.11 Å². The molecule has 0 aromatic heterocycles. The van der Waals surface area contributed by atoms with Gasteiger partial charge in [-0.3, -0.25) is 0 Å². The molecule has 2 atom stereocenters. The van der Waals surface area contributed by atoms with Gasteiger partial charge in [0, 0.05) is 6.42 Å². The lowest BCUT2D eigenvalue weighted by Crippen LogP contribution is -2.32. The highest BCUT2D eigenvalue weighted by atomic mass is 16.3. The topological polar surface area (TPSA) is 40.5 Å². The van der Waals surface area contributed by atoms with Gasteiger partial charge < -0.3 is 10.2 Å². The molecule has 0 radical (unpaired) electrons. The van der Waals surface area contributed by atoms with E-state index in [1.807, 2.05) is 13.8 Å². The van der Waals surface area contributed by atoms with Gasteiger partial charge in [-0.1, -0.05) is 13.8 Å². The minimum absolute atomic E-state index is 0.268. The number of aliphatic hydroxyl groups is 2. The molecule has 0 aromatic rings. The molecular weight excluding hydrogens is 128 g/mol. The molecule has 2 unspecified atom stereocenters. The average Bonchev–Trinajstić information content (AvgIpc) is 2.13. The molecule has 0 aliphatic heterocycles. The molecule has 60 valence electrons. The van der Waals surface area contributed by atoms with Gasteiger partial charge in [-0.15, -0.1) is 0 Å². The molecule has 0 saturated heterocycles. The Morgan fingerprint density at radius 3 is 2.30 bits per heavy atom. The predicted molar refractivity (Wildman–Crippen MR) is 39.6 cm³/mol. The van der Waals surface area contributed by atoms with Gasteiger partial charge in [0.2, 0.25) is 0 Å². The first-order valence-electron chi connectivity index (χ1n) is 3.95. The third-order valence-corrected chi connectivity index (χ3v) is 2.57. The van der Waals surface area contributed by atoms with Crippen molar-refractivity contribution in [2.45, 2.75) is 44.8 Å². The van der Waals surface area contributed by atoms with Crippen molar-refractivity contribution < 1.29 is 10.2 Å². The van der Waals surface area contributed by atoms with Crippen molar-refractivity contribution in [3.63, 3.8) is 0 Å². The standard InChI is InChI=1S/C8H16O2/c1-6(2)8(10)4-3-7(9)5-8/h6-7,9-10H,3-5H2,1-2H3. The number of rotatable bonds is 1. The fraction of sp³-hybridized carbons (Fsp3) is 1.00. The van der Waals surface area contributed by atoms with Crippen molar-refractivity contribution in [2.75, 3.05) is 0 Å². The predicted octanol–water partition coefficient (Wildman–Crippen LogP) is 0.918. The van der Waals surface area contributed by atoms with E-state index in [0.29, 0.717) is 6.42 Å². The lowest BCUT2D eigenvalue weighted by atomic mass is 9.89. The maximum atomic E-state index is 9.78. The molecule has 0 amide bonds. The molecule has 0 aromatic carbocycles. The van der Waals surface area contributed by atoms with E-state index >= 15 is 0 Å². The summed E-state index contributed by atoms with van der Waals surface area (Å²) in [6.45, 7) is 4.00. The first kappa shape index (κ1) is 8.02. The van der Waals surface area contributed by atoms with Gasteiger partial charge in [-0.25, -0.2) is 0 Å². The zero-order valence-corrected chi connectivity index (χ0v) is 6.67. The summed E-state index contributed by atoms with van der Waals surface area (Å²) in [5, 5.41) is 18.9. The molecule has 0 bridgehead atoms. The third kappa shape index (κ3) is 1.32. The Bertz CT molecular complexity index is 122. The highest BCUT2D eigenvalue weighted by Gasteiger charge is 2.38. The van der Waals surface area contributed by atoms with Crippen LogP contribution in [0.5, 0.6) is 0 Å². The fourth-order valence-electron chi connectivity index (χ4n) is 1.55. The number of hydrogen-bond acceptors (Lipinski definition) is 2. The van der Waals surface area contributed by atoms with E-state index in [1.165, 1.54) is 0 Å². The maximum absolute atomic E-state index is 9.78. The van der Waals surface area contributed by atoms with E-state index in [-0.39, 0.29) is 12.0 Å². The van der Waals surface area contributed by atoms with Crippen LogP contribution in [-0.2, 0) is 0 Å². The van der Waals surface area contributed by atoms with Crippen LogP contribution in [0.15, 0.2) is 0 Å². The smallest absolute Gasteiger partial charge is 0.0696 e. The SMILES string of the molecule is CC(C)C1(O)CCC(O)C1. The van der Waals surface area contributed by atoms with E-state index in [0.717, 1.165) is 12.8 Å². The summed E-state index contributed by atoms with van der Waals surface area (Å²) < 4.78 is 0.